The van der Waals surface area contributed by atoms with Crippen LogP contribution in [0.15, 0.2) is 60.7 Å². The Morgan fingerprint density at radius 3 is 1.92 bits per heavy atom. The third kappa shape index (κ3) is 3.09. The van der Waals surface area contributed by atoms with E-state index in [1.165, 1.54) is 32.1 Å². The maximum atomic E-state index is 13.2. The molecule has 0 N–H and O–H groups in total. The zero-order chi connectivity index (χ0) is 16.4. The molecule has 2 fully saturated rings. The van der Waals surface area contributed by atoms with Crippen molar-refractivity contribution in [1.82, 2.24) is 0 Å². The van der Waals surface area contributed by atoms with Gasteiger partial charge < -0.3 is 4.74 Å². The maximum absolute atomic E-state index is 13.2. The lowest BCUT2D eigenvalue weighted by Crippen LogP contribution is -2.32. The van der Waals surface area contributed by atoms with Crippen LogP contribution < -0.4 is 4.90 Å². The average molecular weight is 321 g/mol. The molecule has 1 amide bonds. The summed E-state index contributed by atoms with van der Waals surface area (Å²) in [5.41, 5.74) is 1.79. The van der Waals surface area contributed by atoms with Gasteiger partial charge in [0.1, 0.15) is 0 Å². The first-order valence-corrected chi connectivity index (χ1v) is 8.94. The first-order chi connectivity index (χ1) is 11.8. The minimum Gasteiger partial charge on any atom is -0.359 e. The molecule has 3 nitrogen and oxygen atoms in total. The SMILES string of the molecule is O=C([C@@H]1O[C@H]1C1CCCCC1)N(c1ccccc1)c1ccccc1. The van der Waals surface area contributed by atoms with Gasteiger partial charge in [-0.25, -0.2) is 0 Å². The van der Waals surface area contributed by atoms with E-state index in [9.17, 15) is 4.79 Å². The fraction of sp³-hybridized carbons (Fsp3) is 0.381. The van der Waals surface area contributed by atoms with Crippen LogP contribution in [0.2, 0.25) is 0 Å². The number of benzene rings is 2. The van der Waals surface area contributed by atoms with Gasteiger partial charge in [-0.1, -0.05) is 55.7 Å². The van der Waals surface area contributed by atoms with Crippen molar-refractivity contribution in [3.05, 3.63) is 60.7 Å². The minimum atomic E-state index is -0.284. The van der Waals surface area contributed by atoms with E-state index in [4.69, 9.17) is 4.74 Å². The number of epoxide rings is 1. The summed E-state index contributed by atoms with van der Waals surface area (Å²) in [5.74, 6) is 0.615. The van der Waals surface area contributed by atoms with Crippen molar-refractivity contribution < 1.29 is 9.53 Å². The number of nitrogens with zero attached hydrogens (tertiary/aromatic N) is 1. The molecule has 24 heavy (non-hydrogen) atoms. The number of amides is 1. The van der Waals surface area contributed by atoms with Crippen molar-refractivity contribution >= 4 is 17.3 Å². The molecule has 2 aromatic rings. The van der Waals surface area contributed by atoms with Crippen molar-refractivity contribution in [1.29, 1.82) is 0 Å². The summed E-state index contributed by atoms with van der Waals surface area (Å²) in [6, 6.07) is 19.7. The Bertz CT molecular complexity index is 640. The molecule has 0 radical (unpaired) electrons. The number of anilines is 2. The van der Waals surface area contributed by atoms with Crippen molar-refractivity contribution in [3.8, 4) is 0 Å². The molecule has 124 valence electrons. The molecule has 0 spiro atoms. The van der Waals surface area contributed by atoms with Gasteiger partial charge in [0.05, 0.1) is 6.10 Å². The zero-order valence-electron chi connectivity index (χ0n) is 13.8. The van der Waals surface area contributed by atoms with Crippen LogP contribution in [0.4, 0.5) is 11.4 Å². The molecule has 2 atom stereocenters. The van der Waals surface area contributed by atoms with Crippen molar-refractivity contribution in [3.63, 3.8) is 0 Å². The van der Waals surface area contributed by atoms with Crippen molar-refractivity contribution in [2.24, 2.45) is 5.92 Å². The lowest BCUT2D eigenvalue weighted by molar-refractivity contribution is -0.119. The maximum Gasteiger partial charge on any atom is 0.263 e. The lowest BCUT2D eigenvalue weighted by atomic mass is 9.86. The smallest absolute Gasteiger partial charge is 0.263 e. The van der Waals surface area contributed by atoms with E-state index < -0.39 is 0 Å². The second-order valence-electron chi connectivity index (χ2n) is 6.76. The van der Waals surface area contributed by atoms with E-state index in [1.807, 2.05) is 60.7 Å². The quantitative estimate of drug-likeness (QED) is 0.765. The number of hydrogen-bond donors (Lipinski definition) is 0. The van der Waals surface area contributed by atoms with E-state index in [0.717, 1.165) is 11.4 Å². The van der Waals surface area contributed by atoms with E-state index in [1.54, 1.807) is 4.90 Å². The van der Waals surface area contributed by atoms with Gasteiger partial charge >= 0.3 is 0 Å². The Morgan fingerprint density at radius 2 is 1.38 bits per heavy atom. The second kappa shape index (κ2) is 6.78. The molecule has 0 bridgehead atoms. The summed E-state index contributed by atoms with van der Waals surface area (Å²) in [7, 11) is 0. The van der Waals surface area contributed by atoms with Crippen LogP contribution in [-0.2, 0) is 9.53 Å². The van der Waals surface area contributed by atoms with Crippen LogP contribution in [0.1, 0.15) is 32.1 Å². The van der Waals surface area contributed by atoms with Crippen molar-refractivity contribution in [2.75, 3.05) is 4.90 Å². The predicted molar refractivity (Wildman–Crippen MR) is 95.3 cm³/mol. The highest BCUT2D eigenvalue weighted by Gasteiger charge is 2.51. The third-order valence-corrected chi connectivity index (χ3v) is 5.13. The fourth-order valence-electron chi connectivity index (χ4n) is 3.83. The summed E-state index contributed by atoms with van der Waals surface area (Å²) < 4.78 is 5.85. The Balaban J connectivity index is 1.57. The largest absolute Gasteiger partial charge is 0.359 e. The van der Waals surface area contributed by atoms with E-state index >= 15 is 0 Å². The topological polar surface area (TPSA) is 32.8 Å². The Morgan fingerprint density at radius 1 is 0.833 bits per heavy atom. The minimum absolute atomic E-state index is 0.0583. The molecule has 0 aromatic heterocycles. The van der Waals surface area contributed by atoms with Gasteiger partial charge in [-0.05, 0) is 43.0 Å². The Labute approximate surface area is 143 Å². The van der Waals surface area contributed by atoms with Crippen LogP contribution >= 0.6 is 0 Å². The van der Waals surface area contributed by atoms with Gasteiger partial charge in [0, 0.05) is 11.4 Å². The number of para-hydroxylation sites is 2. The molecule has 4 rings (SSSR count). The molecule has 2 aliphatic rings. The van der Waals surface area contributed by atoms with Crippen LogP contribution in [0.25, 0.3) is 0 Å². The Hall–Kier alpha value is -2.13. The predicted octanol–water partition coefficient (Wildman–Crippen LogP) is 4.70. The molecule has 1 saturated carbocycles. The fourth-order valence-corrected chi connectivity index (χ4v) is 3.83. The number of hydrogen-bond acceptors (Lipinski definition) is 2. The molecule has 1 heterocycles. The zero-order valence-corrected chi connectivity index (χ0v) is 13.8. The highest BCUT2D eigenvalue weighted by atomic mass is 16.6. The average Bonchev–Trinajstić information content (AvgIpc) is 3.45. The summed E-state index contributed by atoms with van der Waals surface area (Å²) in [6.07, 6.45) is 6.10. The standard InChI is InChI=1S/C21H23NO2/c23-21(20-19(24-20)16-10-4-1-5-11-16)22(17-12-6-2-7-13-17)18-14-8-3-9-15-18/h2-3,6-9,12-16,19-20H,1,4-5,10-11H2/t19-,20+/m0/s1. The molecule has 0 unspecified atom stereocenters. The monoisotopic (exact) mass is 321 g/mol. The first kappa shape index (κ1) is 15.4. The molecule has 1 saturated heterocycles. The number of ether oxygens (including phenoxy) is 1. The highest BCUT2D eigenvalue weighted by Crippen LogP contribution is 2.40. The van der Waals surface area contributed by atoms with Crippen LogP contribution in [0.3, 0.4) is 0 Å². The first-order valence-electron chi connectivity index (χ1n) is 8.94. The van der Waals surface area contributed by atoms with Gasteiger partial charge in [0.25, 0.3) is 5.91 Å². The van der Waals surface area contributed by atoms with Gasteiger partial charge in [-0.15, -0.1) is 0 Å². The second-order valence-corrected chi connectivity index (χ2v) is 6.76. The molecule has 3 heteroatoms. The molecule has 1 aliphatic carbocycles. The summed E-state index contributed by atoms with van der Waals surface area (Å²) in [5, 5.41) is 0. The van der Waals surface area contributed by atoms with E-state index in [-0.39, 0.29) is 18.1 Å². The van der Waals surface area contributed by atoms with Crippen LogP contribution in [-0.4, -0.2) is 18.1 Å². The summed E-state index contributed by atoms with van der Waals surface area (Å²) >= 11 is 0. The van der Waals surface area contributed by atoms with Crippen LogP contribution in [0, 0.1) is 5.92 Å². The molecule has 1 aliphatic heterocycles. The van der Waals surface area contributed by atoms with Gasteiger partial charge in [0.15, 0.2) is 6.10 Å². The van der Waals surface area contributed by atoms with Crippen LogP contribution in [0.5, 0.6) is 0 Å². The number of rotatable bonds is 4. The number of carbonyl (C=O) groups is 1. The summed E-state index contributed by atoms with van der Waals surface area (Å²) in [4.78, 5) is 15.0. The molecular weight excluding hydrogens is 298 g/mol. The van der Waals surface area contributed by atoms with Gasteiger partial charge in [-0.2, -0.15) is 0 Å². The normalized spacial score (nSPS) is 23.7. The molecule has 2 aromatic carbocycles. The van der Waals surface area contributed by atoms with E-state index in [0.29, 0.717) is 5.92 Å². The molecular formula is C21H23NO2. The van der Waals surface area contributed by atoms with E-state index in [2.05, 4.69) is 0 Å². The summed E-state index contributed by atoms with van der Waals surface area (Å²) in [6.45, 7) is 0. The highest BCUT2D eigenvalue weighted by molar-refractivity contribution is 6.04. The third-order valence-electron chi connectivity index (χ3n) is 5.13. The Kier molecular flexibility index (Phi) is 4.35. The van der Waals surface area contributed by atoms with Gasteiger partial charge in [0.2, 0.25) is 0 Å². The lowest BCUT2D eigenvalue weighted by Gasteiger charge is -2.23. The van der Waals surface area contributed by atoms with Gasteiger partial charge in [-0.3, -0.25) is 9.69 Å². The van der Waals surface area contributed by atoms with Crippen molar-refractivity contribution in [2.45, 2.75) is 44.3 Å². The number of carbonyl (C=O) groups excluding carboxylic acids is 1.